The number of rotatable bonds is 8. The van der Waals surface area contributed by atoms with Crippen LogP contribution in [0, 0.1) is 5.92 Å². The van der Waals surface area contributed by atoms with E-state index in [1.54, 1.807) is 29.8 Å². The van der Waals surface area contributed by atoms with E-state index in [9.17, 15) is 32.7 Å². The summed E-state index contributed by atoms with van der Waals surface area (Å²) in [7, 11) is 1.70. The number of likely N-dealkylation sites (N-methyl/N-ethyl adjacent to an activating group) is 1. The Hall–Kier alpha value is -3.02. The molecular weight excluding hydrogens is 529 g/mol. The quantitative estimate of drug-likeness (QED) is 0.436. The lowest BCUT2D eigenvalue weighted by molar-refractivity contribution is -0.142. The predicted octanol–water partition coefficient (Wildman–Crippen LogP) is 4.09. The fourth-order valence-electron chi connectivity index (χ4n) is 5.09. The van der Waals surface area contributed by atoms with Gasteiger partial charge in [0, 0.05) is 43.2 Å². The Morgan fingerprint density at radius 1 is 1.23 bits per heavy atom. The van der Waals surface area contributed by atoms with E-state index in [2.05, 4.69) is 10.6 Å². The fraction of sp³-hybridized carbons (Fsp3) is 0.679. The van der Waals surface area contributed by atoms with Crippen molar-refractivity contribution in [2.75, 3.05) is 32.1 Å². The van der Waals surface area contributed by atoms with Crippen molar-refractivity contribution in [2.24, 2.45) is 5.92 Å². The van der Waals surface area contributed by atoms with Gasteiger partial charge >= 0.3 is 12.2 Å². The zero-order valence-corrected chi connectivity index (χ0v) is 23.4. The number of hydrogen-bond donors (Lipinski definition) is 3. The van der Waals surface area contributed by atoms with E-state index in [4.69, 9.17) is 4.74 Å². The average Bonchev–Trinajstić information content (AvgIpc) is 2.94. The highest BCUT2D eigenvalue weighted by atomic mass is 19.4. The summed E-state index contributed by atoms with van der Waals surface area (Å²) >= 11 is 0. The van der Waals surface area contributed by atoms with Crippen LogP contribution in [-0.4, -0.2) is 83.9 Å². The molecule has 9 nitrogen and oxygen atoms in total. The average molecular weight is 571 g/mol. The van der Waals surface area contributed by atoms with Gasteiger partial charge in [0.05, 0.1) is 32.0 Å². The van der Waals surface area contributed by atoms with Crippen LogP contribution in [0.3, 0.4) is 0 Å². The van der Waals surface area contributed by atoms with E-state index in [0.717, 1.165) is 25.7 Å². The van der Waals surface area contributed by atoms with E-state index >= 15 is 0 Å². The number of aliphatic hydroxyl groups excluding tert-OH is 1. The molecule has 0 aromatic heterocycles. The first-order valence-corrected chi connectivity index (χ1v) is 13.9. The minimum Gasteiger partial charge on any atom is -0.488 e. The van der Waals surface area contributed by atoms with Crippen molar-refractivity contribution >= 4 is 23.5 Å². The Balaban J connectivity index is 1.81. The van der Waals surface area contributed by atoms with Crippen molar-refractivity contribution in [3.8, 4) is 5.75 Å². The van der Waals surface area contributed by atoms with Crippen LogP contribution in [0.1, 0.15) is 64.4 Å². The smallest absolute Gasteiger partial charge is 0.389 e. The number of nitrogens with zero attached hydrogens (tertiary/aromatic N) is 2. The standard InChI is InChI=1S/C28H41F3N4O5/c1-18-15-35(19(2)17-36)26(38)14-20-13-22(32-25(37)11-12-28(29,30)31)9-10-23(20)40-24(18)16-34(3)27(39)33-21-7-5-4-6-8-21/h9-10,13,18-19,21,24,36H,4-8,11-12,14-17H2,1-3H3,(H,32,37)(H,33,39)/t18-,19-,24+/m0/s1. The summed E-state index contributed by atoms with van der Waals surface area (Å²) in [5, 5.41) is 15.4. The molecule has 4 amide bonds. The third kappa shape index (κ3) is 9.28. The summed E-state index contributed by atoms with van der Waals surface area (Å²) in [6.07, 6.45) is -1.74. The van der Waals surface area contributed by atoms with Gasteiger partial charge < -0.3 is 30.3 Å². The summed E-state index contributed by atoms with van der Waals surface area (Å²) in [6.45, 7) is 3.95. The van der Waals surface area contributed by atoms with Crippen LogP contribution in [0.25, 0.3) is 0 Å². The SMILES string of the molecule is C[C@H]1CN([C@@H](C)CO)C(=O)Cc2cc(NC(=O)CCC(F)(F)F)ccc2O[C@@H]1CN(C)C(=O)NC1CCCCC1. The maximum absolute atomic E-state index is 13.3. The number of fused-ring (bicyclic) bond motifs is 1. The van der Waals surface area contributed by atoms with Crippen molar-refractivity contribution < 1.29 is 37.4 Å². The van der Waals surface area contributed by atoms with Crippen LogP contribution >= 0.6 is 0 Å². The van der Waals surface area contributed by atoms with Crippen LogP contribution in [-0.2, 0) is 16.0 Å². The van der Waals surface area contributed by atoms with Crippen molar-refractivity contribution in [1.29, 1.82) is 0 Å². The monoisotopic (exact) mass is 570 g/mol. The lowest BCUT2D eigenvalue weighted by Crippen LogP contribution is -2.50. The van der Waals surface area contributed by atoms with Gasteiger partial charge in [-0.15, -0.1) is 0 Å². The molecule has 1 heterocycles. The molecule has 12 heteroatoms. The molecule has 0 saturated heterocycles. The van der Waals surface area contributed by atoms with Gasteiger partial charge in [0.1, 0.15) is 11.9 Å². The summed E-state index contributed by atoms with van der Waals surface area (Å²) in [6, 6.07) is 4.10. The molecule has 3 atom stereocenters. The van der Waals surface area contributed by atoms with Gasteiger partial charge in [0.25, 0.3) is 0 Å². The molecular formula is C28H41F3N4O5. The number of benzene rings is 1. The third-order valence-electron chi connectivity index (χ3n) is 7.57. The second-order valence-electron chi connectivity index (χ2n) is 11.0. The molecule has 224 valence electrons. The molecule has 3 N–H and O–H groups in total. The fourth-order valence-corrected chi connectivity index (χ4v) is 5.09. The Bertz CT molecular complexity index is 1030. The minimum atomic E-state index is -4.44. The van der Waals surface area contributed by atoms with Crippen molar-refractivity contribution in [1.82, 2.24) is 15.1 Å². The van der Waals surface area contributed by atoms with Gasteiger partial charge in [-0.1, -0.05) is 26.2 Å². The molecule has 1 aromatic carbocycles. The minimum absolute atomic E-state index is 0.0939. The molecule has 1 aromatic rings. The number of urea groups is 1. The highest BCUT2D eigenvalue weighted by Gasteiger charge is 2.32. The molecule has 0 spiro atoms. The molecule has 40 heavy (non-hydrogen) atoms. The first kappa shape index (κ1) is 31.5. The number of aliphatic hydroxyl groups is 1. The van der Waals surface area contributed by atoms with Crippen molar-refractivity contribution in [3.05, 3.63) is 23.8 Å². The van der Waals surface area contributed by atoms with Crippen LogP contribution in [0.2, 0.25) is 0 Å². The summed E-state index contributed by atoms with van der Waals surface area (Å²) < 4.78 is 43.9. The van der Waals surface area contributed by atoms with Crippen molar-refractivity contribution in [3.63, 3.8) is 0 Å². The van der Waals surface area contributed by atoms with Crippen LogP contribution in [0.15, 0.2) is 18.2 Å². The number of ether oxygens (including phenoxy) is 1. The molecule has 2 aliphatic rings. The number of halogens is 3. The van der Waals surface area contributed by atoms with Gasteiger partial charge in [0.2, 0.25) is 11.8 Å². The Labute approximate surface area is 233 Å². The summed E-state index contributed by atoms with van der Waals surface area (Å²) in [4.78, 5) is 41.5. The van der Waals surface area contributed by atoms with Crippen LogP contribution in [0.5, 0.6) is 5.75 Å². The Morgan fingerprint density at radius 2 is 1.93 bits per heavy atom. The molecule has 1 aliphatic carbocycles. The number of carbonyl (C=O) groups excluding carboxylic acids is 3. The maximum atomic E-state index is 13.3. The van der Waals surface area contributed by atoms with Crippen LogP contribution in [0.4, 0.5) is 23.7 Å². The normalized spacial score (nSPS) is 21.3. The van der Waals surface area contributed by atoms with Crippen LogP contribution < -0.4 is 15.4 Å². The molecule has 0 unspecified atom stereocenters. The van der Waals surface area contributed by atoms with E-state index in [-0.39, 0.29) is 49.2 Å². The molecule has 1 fully saturated rings. The van der Waals surface area contributed by atoms with Gasteiger partial charge in [-0.05, 0) is 38.0 Å². The topological polar surface area (TPSA) is 111 Å². The molecule has 0 radical (unpaired) electrons. The lowest BCUT2D eigenvalue weighted by Gasteiger charge is -2.34. The highest BCUT2D eigenvalue weighted by molar-refractivity contribution is 5.91. The van der Waals surface area contributed by atoms with Gasteiger partial charge in [0.15, 0.2) is 0 Å². The number of nitrogens with one attached hydrogen (secondary N) is 2. The van der Waals surface area contributed by atoms with Crippen molar-refractivity contribution in [2.45, 2.75) is 89.6 Å². The summed E-state index contributed by atoms with van der Waals surface area (Å²) in [5.41, 5.74) is 0.694. The van der Waals surface area contributed by atoms with Gasteiger partial charge in [-0.3, -0.25) is 9.59 Å². The number of carbonyl (C=O) groups is 3. The first-order valence-electron chi connectivity index (χ1n) is 13.9. The first-order chi connectivity index (χ1) is 18.9. The highest BCUT2D eigenvalue weighted by Crippen LogP contribution is 2.30. The predicted molar refractivity (Wildman–Crippen MR) is 144 cm³/mol. The number of hydrogen-bond acceptors (Lipinski definition) is 5. The molecule has 1 aliphatic heterocycles. The Kier molecular flexibility index (Phi) is 11.1. The lowest BCUT2D eigenvalue weighted by atomic mass is 9.96. The number of alkyl halides is 3. The molecule has 1 saturated carbocycles. The number of anilines is 1. The Morgan fingerprint density at radius 3 is 2.58 bits per heavy atom. The second-order valence-corrected chi connectivity index (χ2v) is 11.0. The largest absolute Gasteiger partial charge is 0.488 e. The summed E-state index contributed by atoms with van der Waals surface area (Å²) in [5.74, 6) is -0.878. The zero-order chi connectivity index (χ0) is 29.4. The third-order valence-corrected chi connectivity index (χ3v) is 7.57. The zero-order valence-electron chi connectivity index (χ0n) is 23.4. The van der Waals surface area contributed by atoms with Gasteiger partial charge in [-0.2, -0.15) is 13.2 Å². The maximum Gasteiger partial charge on any atom is 0.389 e. The molecule has 0 bridgehead atoms. The van der Waals surface area contributed by atoms with E-state index in [0.29, 0.717) is 17.9 Å². The number of amides is 4. The molecule has 3 rings (SSSR count). The van der Waals surface area contributed by atoms with E-state index in [1.807, 2.05) is 6.92 Å². The van der Waals surface area contributed by atoms with E-state index < -0.39 is 37.1 Å². The van der Waals surface area contributed by atoms with Gasteiger partial charge in [-0.25, -0.2) is 4.79 Å². The van der Waals surface area contributed by atoms with E-state index in [1.165, 1.54) is 18.6 Å². The second kappa shape index (κ2) is 14.0.